The van der Waals surface area contributed by atoms with Gasteiger partial charge in [0.2, 0.25) is 0 Å². The van der Waals surface area contributed by atoms with Crippen molar-refractivity contribution in [2.45, 2.75) is 51.4 Å². The van der Waals surface area contributed by atoms with Gasteiger partial charge in [0.25, 0.3) is 0 Å². The summed E-state index contributed by atoms with van der Waals surface area (Å²) in [5, 5.41) is 27.5. The van der Waals surface area contributed by atoms with Gasteiger partial charge in [0.15, 0.2) is 5.82 Å². The third kappa shape index (κ3) is 5.13. The number of carbonyl (C=O) groups is 1. The molecule has 2 atom stereocenters. The summed E-state index contributed by atoms with van der Waals surface area (Å²) in [6.07, 6.45) is 3.51. The highest BCUT2D eigenvalue weighted by Crippen LogP contribution is 2.32. The highest BCUT2D eigenvalue weighted by Gasteiger charge is 2.33. The van der Waals surface area contributed by atoms with Gasteiger partial charge in [-0.05, 0) is 61.7 Å². The van der Waals surface area contributed by atoms with Crippen LogP contribution in [0, 0.1) is 11.8 Å². The van der Waals surface area contributed by atoms with Crippen molar-refractivity contribution in [3.8, 4) is 0 Å². The number of aromatic amines is 1. The van der Waals surface area contributed by atoms with Crippen LogP contribution in [0.15, 0.2) is 24.3 Å². The first-order chi connectivity index (χ1) is 13.0. The maximum absolute atomic E-state index is 11.9. The predicted octanol–water partition coefficient (Wildman–Crippen LogP) is 2.74. The molecule has 0 amide bonds. The van der Waals surface area contributed by atoms with Crippen LogP contribution in [0.3, 0.4) is 0 Å². The number of aliphatic carboxylic acids is 1. The smallest absolute Gasteiger partial charge is 0.307 e. The minimum atomic E-state index is -0.801. The van der Waals surface area contributed by atoms with E-state index in [4.69, 9.17) is 0 Å². The number of tetrazole rings is 1. The molecule has 3 N–H and O–H groups in total. The molecule has 1 saturated heterocycles. The Bertz CT molecular complexity index is 708. The van der Waals surface area contributed by atoms with E-state index >= 15 is 0 Å². The van der Waals surface area contributed by atoms with E-state index in [0.29, 0.717) is 24.6 Å². The summed E-state index contributed by atoms with van der Waals surface area (Å²) in [6.45, 7) is 6.22. The van der Waals surface area contributed by atoms with Crippen molar-refractivity contribution < 1.29 is 9.90 Å². The van der Waals surface area contributed by atoms with E-state index in [0.717, 1.165) is 18.7 Å². The molecular formula is C20H29N5O2. The van der Waals surface area contributed by atoms with Gasteiger partial charge in [-0.3, -0.25) is 4.79 Å². The van der Waals surface area contributed by atoms with Crippen molar-refractivity contribution in [3.63, 3.8) is 0 Å². The minimum Gasteiger partial charge on any atom is -0.481 e. The molecule has 0 spiro atoms. The van der Waals surface area contributed by atoms with Gasteiger partial charge >= 0.3 is 5.97 Å². The molecule has 1 aromatic carbocycles. The molecule has 1 aliphatic heterocycles. The molecule has 7 heteroatoms. The van der Waals surface area contributed by atoms with Gasteiger partial charge in [-0.15, -0.1) is 10.2 Å². The van der Waals surface area contributed by atoms with Gasteiger partial charge in [0.05, 0.1) is 5.92 Å². The number of hydrogen-bond donors (Lipinski definition) is 3. The standard InChI is InChI=1S/C20H29N5O2/c1-13(2)11-18(20(26)27)17(19-22-24-25-23-19)12-14-3-5-15(6-4-14)16-7-9-21-10-8-16/h3-6,13,16-18,21H,7-12H2,1-2H3,(H,26,27)(H,22,23,24,25)/t17-,18?/m0/s1. The normalized spacial score (nSPS) is 17.7. The Morgan fingerprint density at radius 1 is 1.22 bits per heavy atom. The third-order valence-corrected chi connectivity index (χ3v) is 5.47. The lowest BCUT2D eigenvalue weighted by molar-refractivity contribution is -0.143. The summed E-state index contributed by atoms with van der Waals surface area (Å²) < 4.78 is 0. The number of carboxylic acid groups (broad SMARTS) is 1. The number of hydrogen-bond acceptors (Lipinski definition) is 5. The molecule has 0 saturated carbocycles. The highest BCUT2D eigenvalue weighted by atomic mass is 16.4. The van der Waals surface area contributed by atoms with Crippen molar-refractivity contribution in [3.05, 3.63) is 41.2 Å². The van der Waals surface area contributed by atoms with Crippen molar-refractivity contribution >= 4 is 5.97 Å². The first kappa shape index (κ1) is 19.5. The fourth-order valence-corrected chi connectivity index (χ4v) is 4.02. The lowest BCUT2D eigenvalue weighted by Crippen LogP contribution is -2.27. The number of carboxylic acids is 1. The van der Waals surface area contributed by atoms with Crippen molar-refractivity contribution in [1.29, 1.82) is 0 Å². The van der Waals surface area contributed by atoms with Crippen molar-refractivity contribution in [2.75, 3.05) is 13.1 Å². The molecule has 3 rings (SSSR count). The first-order valence-electron chi connectivity index (χ1n) is 9.80. The van der Waals surface area contributed by atoms with E-state index in [-0.39, 0.29) is 11.8 Å². The molecule has 2 aromatic rings. The topological polar surface area (TPSA) is 104 Å². The molecule has 2 heterocycles. The number of piperidine rings is 1. The monoisotopic (exact) mass is 371 g/mol. The van der Waals surface area contributed by atoms with Crippen LogP contribution in [-0.4, -0.2) is 44.8 Å². The SMILES string of the molecule is CC(C)CC(C(=O)O)[C@H](Cc1ccc(C2CCNCC2)cc1)c1nn[nH]n1. The van der Waals surface area contributed by atoms with Crippen LogP contribution in [0.5, 0.6) is 0 Å². The number of benzene rings is 1. The van der Waals surface area contributed by atoms with Gasteiger partial charge in [-0.2, -0.15) is 5.21 Å². The zero-order chi connectivity index (χ0) is 19.2. The number of nitrogens with zero attached hydrogens (tertiary/aromatic N) is 3. The van der Waals surface area contributed by atoms with Gasteiger partial charge < -0.3 is 10.4 Å². The van der Waals surface area contributed by atoms with E-state index in [1.165, 1.54) is 18.4 Å². The van der Waals surface area contributed by atoms with Crippen LogP contribution in [-0.2, 0) is 11.2 Å². The van der Waals surface area contributed by atoms with E-state index < -0.39 is 11.9 Å². The van der Waals surface area contributed by atoms with Crippen LogP contribution in [0.4, 0.5) is 0 Å². The molecule has 1 aliphatic rings. The highest BCUT2D eigenvalue weighted by molar-refractivity contribution is 5.71. The summed E-state index contributed by atoms with van der Waals surface area (Å²) in [6, 6.07) is 8.63. The van der Waals surface area contributed by atoms with E-state index in [1.807, 2.05) is 13.8 Å². The summed E-state index contributed by atoms with van der Waals surface area (Å²) in [5.41, 5.74) is 2.48. The largest absolute Gasteiger partial charge is 0.481 e. The Kier molecular flexibility index (Phi) is 6.55. The predicted molar refractivity (Wildman–Crippen MR) is 102 cm³/mol. The van der Waals surface area contributed by atoms with Crippen LogP contribution >= 0.6 is 0 Å². The summed E-state index contributed by atoms with van der Waals surface area (Å²) in [4.78, 5) is 11.9. The second-order valence-corrected chi connectivity index (χ2v) is 7.92. The number of rotatable bonds is 8. The molecule has 7 nitrogen and oxygen atoms in total. The molecule has 27 heavy (non-hydrogen) atoms. The quantitative estimate of drug-likeness (QED) is 0.659. The van der Waals surface area contributed by atoms with Crippen molar-refractivity contribution in [2.24, 2.45) is 11.8 Å². The molecule has 1 fully saturated rings. The second kappa shape index (κ2) is 9.08. The Labute approximate surface area is 160 Å². The van der Waals surface area contributed by atoms with Crippen LogP contribution in [0.1, 0.15) is 61.9 Å². The van der Waals surface area contributed by atoms with Gasteiger partial charge in [0, 0.05) is 5.92 Å². The molecular weight excluding hydrogens is 342 g/mol. The lowest BCUT2D eigenvalue weighted by atomic mass is 9.81. The Hall–Kier alpha value is -2.28. The minimum absolute atomic E-state index is 0.280. The van der Waals surface area contributed by atoms with Gasteiger partial charge in [-0.25, -0.2) is 0 Å². The average molecular weight is 371 g/mol. The van der Waals surface area contributed by atoms with Crippen LogP contribution in [0.25, 0.3) is 0 Å². The fraction of sp³-hybridized carbons (Fsp3) is 0.600. The number of H-pyrrole nitrogens is 1. The van der Waals surface area contributed by atoms with Crippen LogP contribution < -0.4 is 5.32 Å². The second-order valence-electron chi connectivity index (χ2n) is 7.92. The van der Waals surface area contributed by atoms with Crippen LogP contribution in [0.2, 0.25) is 0 Å². The van der Waals surface area contributed by atoms with E-state index in [2.05, 4.69) is 50.2 Å². The van der Waals surface area contributed by atoms with Gasteiger partial charge in [-0.1, -0.05) is 43.3 Å². The molecule has 1 aromatic heterocycles. The lowest BCUT2D eigenvalue weighted by Gasteiger charge is -2.24. The number of nitrogens with one attached hydrogen (secondary N) is 2. The first-order valence-corrected chi connectivity index (χ1v) is 9.80. The van der Waals surface area contributed by atoms with E-state index in [9.17, 15) is 9.90 Å². The average Bonchev–Trinajstić information content (AvgIpc) is 3.20. The zero-order valence-electron chi connectivity index (χ0n) is 16.1. The molecule has 146 valence electrons. The Balaban J connectivity index is 1.78. The maximum atomic E-state index is 11.9. The van der Waals surface area contributed by atoms with E-state index in [1.54, 1.807) is 0 Å². The molecule has 0 radical (unpaired) electrons. The van der Waals surface area contributed by atoms with Crippen molar-refractivity contribution in [1.82, 2.24) is 25.9 Å². The summed E-state index contributed by atoms with van der Waals surface area (Å²) >= 11 is 0. The third-order valence-electron chi connectivity index (χ3n) is 5.47. The summed E-state index contributed by atoms with van der Waals surface area (Å²) in [7, 11) is 0. The molecule has 1 unspecified atom stereocenters. The molecule has 0 bridgehead atoms. The Morgan fingerprint density at radius 2 is 1.93 bits per heavy atom. The fourth-order valence-electron chi connectivity index (χ4n) is 4.02. The molecule has 0 aliphatic carbocycles. The zero-order valence-corrected chi connectivity index (χ0v) is 16.1. The Morgan fingerprint density at radius 3 is 2.48 bits per heavy atom. The van der Waals surface area contributed by atoms with Gasteiger partial charge in [0.1, 0.15) is 0 Å². The number of aromatic nitrogens is 4. The summed E-state index contributed by atoms with van der Waals surface area (Å²) in [5.74, 6) is -0.265. The maximum Gasteiger partial charge on any atom is 0.307 e.